The van der Waals surface area contributed by atoms with Gasteiger partial charge in [-0.15, -0.1) is 0 Å². The van der Waals surface area contributed by atoms with Gasteiger partial charge in [0.15, 0.2) is 13.6 Å². The summed E-state index contributed by atoms with van der Waals surface area (Å²) >= 11 is 0. The van der Waals surface area contributed by atoms with Crippen LogP contribution in [0.15, 0.2) is 24.3 Å². The molecule has 0 heterocycles. The minimum atomic E-state index is -2.98. The van der Waals surface area contributed by atoms with E-state index >= 15 is 0 Å². The summed E-state index contributed by atoms with van der Waals surface area (Å²) in [5, 5.41) is 0. The Hall–Kier alpha value is 2.70. The molecule has 0 fully saturated rings. The van der Waals surface area contributed by atoms with E-state index in [9.17, 15) is 14.7 Å². The van der Waals surface area contributed by atoms with Crippen LogP contribution in [0, 0.1) is 0 Å². The fourth-order valence-corrected chi connectivity index (χ4v) is 4.20. The van der Waals surface area contributed by atoms with Gasteiger partial charge in [0.2, 0.25) is 0 Å². The normalized spacial score (nSPS) is 11.1. The van der Waals surface area contributed by atoms with Crippen LogP contribution in [0.25, 0.3) is 11.1 Å². The molecule has 0 radical (unpaired) electrons. The molecule has 0 aliphatic carbocycles. The fraction of sp³-hybridized carbons (Fsp3) is 0.538. The number of ether oxygens (including phenoxy) is 2. The maximum absolute atomic E-state index is 10.9. The van der Waals surface area contributed by atoms with Crippen molar-refractivity contribution in [3.8, 4) is 22.6 Å². The molecule has 0 atom stereocenters. The van der Waals surface area contributed by atoms with E-state index in [1.54, 1.807) is 0 Å². The molecule has 2 aromatic carbocycles. The molecular formula is C26H36Na4O7P2. The smallest absolute Gasteiger partial charge is 0.996 e. The van der Waals surface area contributed by atoms with Crippen LogP contribution < -0.4 is 142 Å². The van der Waals surface area contributed by atoms with Gasteiger partial charge in [-0.05, 0) is 81.3 Å². The van der Waals surface area contributed by atoms with E-state index < -0.39 is 17.6 Å². The molecule has 0 saturated carbocycles. The largest absolute Gasteiger partial charge is 1.00 e. The molecule has 2 rings (SSSR count). The van der Waals surface area contributed by atoms with E-state index in [4.69, 9.17) is 14.0 Å². The second-order valence-corrected chi connectivity index (χ2v) is 10.8. The minimum Gasteiger partial charge on any atom is -0.996 e. The maximum Gasteiger partial charge on any atom is 1.00 e. The average Bonchev–Trinajstić information content (AvgIpc) is 2.78. The van der Waals surface area contributed by atoms with Crippen LogP contribution >= 0.6 is 17.6 Å². The molecule has 7 nitrogen and oxygen atoms in total. The zero-order valence-corrected chi connectivity index (χ0v) is 35.6. The maximum atomic E-state index is 10.9. The third kappa shape index (κ3) is 14.1. The summed E-state index contributed by atoms with van der Waals surface area (Å²) in [6.45, 7) is 16.3. The summed E-state index contributed by atoms with van der Waals surface area (Å²) in [5.41, 5.74) is 6.16. The van der Waals surface area contributed by atoms with Gasteiger partial charge in [-0.25, -0.2) is 0 Å². The van der Waals surface area contributed by atoms with Gasteiger partial charge < -0.3 is 42.2 Å². The van der Waals surface area contributed by atoms with Gasteiger partial charge >= 0.3 is 118 Å². The van der Waals surface area contributed by atoms with Crippen molar-refractivity contribution < 1.29 is 151 Å². The average molecular weight is 614 g/mol. The van der Waals surface area contributed by atoms with Crippen LogP contribution in [-0.2, 0) is 9.05 Å². The molecular weight excluding hydrogens is 578 g/mol. The fourth-order valence-electron chi connectivity index (χ4n) is 3.97. The summed E-state index contributed by atoms with van der Waals surface area (Å²) in [4.78, 5) is 32.4. The molecule has 0 N–H and O–H groups in total. The van der Waals surface area contributed by atoms with Crippen molar-refractivity contribution in [2.75, 3.05) is 13.6 Å². The van der Waals surface area contributed by atoms with E-state index in [2.05, 4.69) is 84.2 Å². The van der Waals surface area contributed by atoms with Gasteiger partial charge in [0.25, 0.3) is 0 Å². The molecule has 0 spiro atoms. The molecule has 0 aliphatic heterocycles. The number of hydrogen-bond acceptors (Lipinski definition) is 7. The van der Waals surface area contributed by atoms with Crippen molar-refractivity contribution in [2.45, 2.75) is 79.1 Å². The van der Waals surface area contributed by atoms with Crippen molar-refractivity contribution in [3.05, 3.63) is 46.5 Å². The van der Waals surface area contributed by atoms with E-state index in [0.717, 1.165) is 39.1 Å². The first-order valence-electron chi connectivity index (χ1n) is 11.8. The molecule has 0 saturated heterocycles. The SMILES string of the molecule is CC(C)c1cc(-c2cc(C(C)C)c(OCOP([O-])[O-])c(C(C)C)c2)cc(C(C)C)c1OCO[P-][O-].[Na+].[Na+].[Na+].[Na+]. The van der Waals surface area contributed by atoms with Crippen molar-refractivity contribution in [1.82, 2.24) is 0 Å². The van der Waals surface area contributed by atoms with Crippen molar-refractivity contribution in [2.24, 2.45) is 0 Å². The standard InChI is InChI=1S/C26H36O7P2.4Na/c1-15(2)21-9-19(10-22(16(3)4)25(21)30-13-32-34-27)20-11-23(17(5)6)26(24(12-20)18(7)8)31-14-33-35(28)29;;;;/h9-12,15-18H,13-14H2,1-8H3;;;;/q-4;4*+1. The van der Waals surface area contributed by atoms with E-state index in [-0.39, 0.29) is 155 Å². The third-order valence-corrected chi connectivity index (χ3v) is 6.31. The van der Waals surface area contributed by atoms with Gasteiger partial charge in [0, 0.05) is 0 Å². The topological polar surface area (TPSA) is 106 Å². The van der Waals surface area contributed by atoms with Crippen LogP contribution in [0.5, 0.6) is 11.5 Å². The Labute approximate surface area is 326 Å². The summed E-state index contributed by atoms with van der Waals surface area (Å²) < 4.78 is 21.3. The molecule has 0 aliphatic rings. The predicted molar refractivity (Wildman–Crippen MR) is 135 cm³/mol. The molecule has 39 heavy (non-hydrogen) atoms. The van der Waals surface area contributed by atoms with Crippen LogP contribution in [-0.4, -0.2) is 13.6 Å². The Bertz CT molecular complexity index is 919. The van der Waals surface area contributed by atoms with Gasteiger partial charge in [-0.1, -0.05) is 55.4 Å². The quantitative estimate of drug-likeness (QED) is 0.0958. The van der Waals surface area contributed by atoms with Crippen LogP contribution in [0.3, 0.4) is 0 Å². The van der Waals surface area contributed by atoms with E-state index in [0.29, 0.717) is 5.75 Å². The molecule has 196 valence electrons. The van der Waals surface area contributed by atoms with Gasteiger partial charge in [0.1, 0.15) is 11.5 Å². The summed E-state index contributed by atoms with van der Waals surface area (Å²) in [6.07, 6.45) is 0. The van der Waals surface area contributed by atoms with Crippen molar-refractivity contribution in [1.29, 1.82) is 0 Å². The van der Waals surface area contributed by atoms with Gasteiger partial charge in [0.05, 0.1) is 0 Å². The van der Waals surface area contributed by atoms with E-state index in [1.807, 2.05) is 0 Å². The Balaban J connectivity index is -0.00000324. The molecule has 0 amide bonds. The van der Waals surface area contributed by atoms with Crippen LogP contribution in [0.4, 0.5) is 0 Å². The number of rotatable bonds is 13. The first kappa shape index (κ1) is 46.1. The molecule has 0 bridgehead atoms. The predicted octanol–water partition coefficient (Wildman–Crippen LogP) is -6.35. The Kier molecular flexibility index (Phi) is 27.3. The second-order valence-electron chi connectivity index (χ2n) is 9.67. The Morgan fingerprint density at radius 3 is 1.18 bits per heavy atom. The molecule has 0 aromatic heterocycles. The molecule has 0 unspecified atom stereocenters. The summed E-state index contributed by atoms with van der Waals surface area (Å²) in [5.74, 6) is 2.09. The first-order valence-corrected chi connectivity index (χ1v) is 13.6. The number of hydrogen-bond donors (Lipinski definition) is 0. The summed E-state index contributed by atoms with van der Waals surface area (Å²) in [6, 6.07) is 8.48. The van der Waals surface area contributed by atoms with Crippen molar-refractivity contribution >= 4 is 17.6 Å². The molecule has 13 heteroatoms. The second kappa shape index (κ2) is 23.1. The van der Waals surface area contributed by atoms with Crippen LogP contribution in [0.1, 0.15) is 101 Å². The van der Waals surface area contributed by atoms with E-state index in [1.165, 1.54) is 0 Å². The zero-order chi connectivity index (χ0) is 26.3. The van der Waals surface area contributed by atoms with Gasteiger partial charge in [-0.2, -0.15) is 8.60 Å². The third-order valence-electron chi connectivity index (χ3n) is 5.78. The molecule has 2 aromatic rings. The number of benzene rings is 2. The van der Waals surface area contributed by atoms with Crippen molar-refractivity contribution in [3.63, 3.8) is 0 Å². The Morgan fingerprint density at radius 2 is 0.923 bits per heavy atom. The first-order chi connectivity index (χ1) is 16.5. The van der Waals surface area contributed by atoms with Gasteiger partial charge in [-0.3, -0.25) is 0 Å². The minimum absolute atomic E-state index is 0. The monoisotopic (exact) mass is 614 g/mol. The Morgan fingerprint density at radius 1 is 0.615 bits per heavy atom. The van der Waals surface area contributed by atoms with Crippen LogP contribution in [0.2, 0.25) is 0 Å². The zero-order valence-electron chi connectivity index (χ0n) is 25.8. The summed E-state index contributed by atoms with van der Waals surface area (Å²) in [7, 11) is -3.40.